The molecule has 2 aromatic heterocycles. The molecule has 380 valence electrons. The Morgan fingerprint density at radius 1 is 0.549 bits per heavy atom. The molecule has 4 aromatic rings. The number of ether oxygens (including phenoxy) is 10. The van der Waals surface area contributed by atoms with Gasteiger partial charge < -0.3 is 52.5 Å². The summed E-state index contributed by atoms with van der Waals surface area (Å²) in [6, 6.07) is 11.4. The summed E-state index contributed by atoms with van der Waals surface area (Å²) in [5.74, 6) is 2.34. The number of aliphatic hydroxyl groups excluding tert-OH is 1. The number of aliphatic hydroxyl groups is 1. The van der Waals surface area contributed by atoms with E-state index in [9.17, 15) is 14.7 Å². The van der Waals surface area contributed by atoms with Gasteiger partial charge in [-0.3, -0.25) is 14.8 Å². The van der Waals surface area contributed by atoms with Crippen molar-refractivity contribution in [2.45, 2.75) is 129 Å². The van der Waals surface area contributed by atoms with Crippen molar-refractivity contribution in [3.05, 3.63) is 82.2 Å². The Balaban J connectivity index is 0.950. The number of rotatable bonds is 21. The summed E-state index contributed by atoms with van der Waals surface area (Å²) in [6.07, 6.45) is 3.38. The average molecular weight is 979 g/mol. The van der Waals surface area contributed by atoms with Gasteiger partial charge in [-0.1, -0.05) is 0 Å². The molecule has 7 atom stereocenters. The van der Waals surface area contributed by atoms with Gasteiger partial charge in [0.1, 0.15) is 12.2 Å². The maximum atomic E-state index is 13.6. The molecule has 0 saturated heterocycles. The number of carbonyl (C=O) groups is 2. The van der Waals surface area contributed by atoms with E-state index >= 15 is 0 Å². The van der Waals surface area contributed by atoms with Crippen LogP contribution in [0.5, 0.6) is 46.3 Å². The van der Waals surface area contributed by atoms with Gasteiger partial charge in [0.25, 0.3) is 11.8 Å². The highest BCUT2D eigenvalue weighted by molar-refractivity contribution is 6.16. The summed E-state index contributed by atoms with van der Waals surface area (Å²) in [5, 5.41) is 11.1. The second-order valence-electron chi connectivity index (χ2n) is 17.7. The molecule has 4 aliphatic rings. The van der Waals surface area contributed by atoms with E-state index in [1.807, 2.05) is 77.9 Å². The van der Waals surface area contributed by atoms with Crippen molar-refractivity contribution in [3.8, 4) is 46.3 Å². The summed E-state index contributed by atoms with van der Waals surface area (Å²) in [4.78, 5) is 46.8. The molecule has 2 aliphatic heterocycles. The number of esters is 2. The molecule has 0 spiro atoms. The average Bonchev–Trinajstić information content (AvgIpc) is 3.37. The van der Waals surface area contributed by atoms with Crippen LogP contribution in [-0.4, -0.2) is 123 Å². The third kappa shape index (κ3) is 11.0. The van der Waals surface area contributed by atoms with Crippen LogP contribution >= 0.6 is 0 Å². The molecule has 17 nitrogen and oxygen atoms in total. The van der Waals surface area contributed by atoms with Crippen molar-refractivity contribution in [3.63, 3.8) is 0 Å². The second kappa shape index (κ2) is 23.1. The zero-order valence-electron chi connectivity index (χ0n) is 42.0. The van der Waals surface area contributed by atoms with Gasteiger partial charge in [-0.05, 0) is 128 Å². The fourth-order valence-electron chi connectivity index (χ4n) is 10.2. The molecule has 2 aliphatic carbocycles. The number of aliphatic imine (C=N–C) groups is 2. The van der Waals surface area contributed by atoms with Crippen LogP contribution in [0.1, 0.15) is 132 Å². The number of nitrogens with zero attached hydrogens (tertiary/aromatic N) is 4. The van der Waals surface area contributed by atoms with Crippen LogP contribution in [0.15, 0.2) is 58.8 Å². The first kappa shape index (κ1) is 50.8. The summed E-state index contributed by atoms with van der Waals surface area (Å²) in [7, 11) is 3.20. The third-order valence-corrected chi connectivity index (χ3v) is 13.3. The fraction of sp³-hybridized carbons (Fsp3) is 0.519. The van der Waals surface area contributed by atoms with Crippen LogP contribution in [-0.2, 0) is 19.1 Å². The number of fused-ring (bicyclic) bond motifs is 6. The highest BCUT2D eigenvalue weighted by atomic mass is 16.6. The van der Waals surface area contributed by atoms with E-state index < -0.39 is 36.7 Å². The summed E-state index contributed by atoms with van der Waals surface area (Å²) < 4.78 is 58.9. The van der Waals surface area contributed by atoms with E-state index in [4.69, 9.17) is 57.4 Å². The lowest BCUT2D eigenvalue weighted by atomic mass is 9.74. The Morgan fingerprint density at radius 3 is 1.39 bits per heavy atom. The van der Waals surface area contributed by atoms with Gasteiger partial charge in [0, 0.05) is 46.5 Å². The van der Waals surface area contributed by atoms with Crippen molar-refractivity contribution in [2.24, 2.45) is 9.98 Å². The molecule has 0 radical (unpaired) electrons. The van der Waals surface area contributed by atoms with Crippen molar-refractivity contribution >= 4 is 23.4 Å². The first-order valence-electron chi connectivity index (χ1n) is 25.0. The van der Waals surface area contributed by atoms with E-state index in [0.717, 1.165) is 44.8 Å². The van der Waals surface area contributed by atoms with E-state index in [2.05, 4.69) is 9.97 Å². The molecule has 1 N–H and O–H groups in total. The fourth-order valence-corrected chi connectivity index (χ4v) is 10.2. The summed E-state index contributed by atoms with van der Waals surface area (Å²) in [5.41, 5.74) is 6.63. The Kier molecular flexibility index (Phi) is 16.5. The molecule has 2 aromatic carbocycles. The second-order valence-corrected chi connectivity index (χ2v) is 17.7. The highest BCUT2D eigenvalue weighted by Gasteiger charge is 2.42. The van der Waals surface area contributed by atoms with Gasteiger partial charge in [0.05, 0.1) is 83.8 Å². The number of hydrogen-bond acceptors (Lipinski definition) is 17. The smallest absolute Gasteiger partial charge is 0.335 e. The lowest BCUT2D eigenvalue weighted by Crippen LogP contribution is -2.39. The van der Waals surface area contributed by atoms with Gasteiger partial charge in [0.15, 0.2) is 40.6 Å². The van der Waals surface area contributed by atoms with Crippen molar-refractivity contribution in [1.29, 1.82) is 0 Å². The van der Waals surface area contributed by atoms with Crippen LogP contribution in [0.4, 0.5) is 0 Å². The number of aromatic nitrogens is 2. The number of hydrogen-bond donors (Lipinski definition) is 1. The number of carbonyl (C=O) groups excluding carboxylic acids is 2. The SMILES string of the molecule is CCOc1cc2c(cc1OC)C(c1cnc(OCC)c(OCC)c1)=N[C@H]1CC[C@H](OC(=O)CC(O)C(=O)O[C@H]3CC[C@@H]4N=C(c5cnc(OCC)c(OCC)c5)c5cc(OC)c(OCC)cc5[C@@H]4C3)C[C@@H]21. The Hall–Kier alpha value is -6.62. The monoisotopic (exact) mass is 978 g/mol. The molecule has 0 amide bonds. The van der Waals surface area contributed by atoms with Crippen molar-refractivity contribution in [1.82, 2.24) is 9.97 Å². The Morgan fingerprint density at radius 2 is 0.972 bits per heavy atom. The Labute approximate surface area is 415 Å². The number of pyridine rings is 2. The predicted octanol–water partition coefficient (Wildman–Crippen LogP) is 8.14. The van der Waals surface area contributed by atoms with Crippen LogP contribution in [0.25, 0.3) is 0 Å². The van der Waals surface area contributed by atoms with Gasteiger partial charge in [-0.15, -0.1) is 0 Å². The minimum Gasteiger partial charge on any atom is -0.493 e. The predicted molar refractivity (Wildman–Crippen MR) is 264 cm³/mol. The molecule has 8 rings (SSSR count). The quantitative estimate of drug-likeness (QED) is 0.0785. The van der Waals surface area contributed by atoms with E-state index in [0.29, 0.717) is 124 Å². The minimum atomic E-state index is -1.71. The largest absolute Gasteiger partial charge is 0.493 e. The van der Waals surface area contributed by atoms with Crippen LogP contribution in [0, 0.1) is 0 Å². The molecule has 1 unspecified atom stereocenters. The molecule has 2 saturated carbocycles. The van der Waals surface area contributed by atoms with E-state index in [-0.39, 0.29) is 23.9 Å². The van der Waals surface area contributed by atoms with Gasteiger partial charge >= 0.3 is 11.9 Å². The maximum Gasteiger partial charge on any atom is 0.335 e. The molecular formula is C54H66N4O13. The Bertz CT molecular complexity index is 2620. The molecular weight excluding hydrogens is 913 g/mol. The van der Waals surface area contributed by atoms with E-state index in [1.165, 1.54) is 0 Å². The van der Waals surface area contributed by atoms with Crippen LogP contribution in [0.3, 0.4) is 0 Å². The van der Waals surface area contributed by atoms with Gasteiger partial charge in [-0.25, -0.2) is 14.8 Å². The van der Waals surface area contributed by atoms with Gasteiger partial charge in [0.2, 0.25) is 0 Å². The van der Waals surface area contributed by atoms with Crippen molar-refractivity contribution < 1.29 is 62.1 Å². The number of benzene rings is 2. The summed E-state index contributed by atoms with van der Waals surface area (Å²) in [6.45, 7) is 14.1. The molecule has 0 bridgehead atoms. The highest BCUT2D eigenvalue weighted by Crippen LogP contribution is 2.48. The third-order valence-electron chi connectivity index (χ3n) is 13.3. The summed E-state index contributed by atoms with van der Waals surface area (Å²) >= 11 is 0. The standard InChI is InChI=1S/C54H66N4O13/c1-9-64-45-23-34-36-21-32(15-17-40(36)57-50(38(34)25-43(45)62-7)30-19-47(66-11-3)52(55-28-30)68-13-5)70-49(60)27-42(59)54(61)71-33-16-18-41-37(22-33)35-24-46(65-10-2)44(63-8)26-39(35)51(58-41)31-20-48(67-12-4)53(56-29-31)69-14-6/h19-20,23-26,28-29,32-33,36-37,40-42,59H,9-18,21-22,27H2,1-8H3/t32-,33-,36-,37-,40-,41-,42?/m0/s1. The molecule has 71 heavy (non-hydrogen) atoms. The van der Waals surface area contributed by atoms with Crippen molar-refractivity contribution in [2.75, 3.05) is 53.9 Å². The zero-order chi connectivity index (χ0) is 50.2. The zero-order valence-corrected chi connectivity index (χ0v) is 42.0. The normalized spacial score (nSPS) is 21.3. The van der Waals surface area contributed by atoms with E-state index in [1.54, 1.807) is 26.6 Å². The lowest BCUT2D eigenvalue weighted by Gasteiger charge is -2.39. The molecule has 2 fully saturated rings. The minimum absolute atomic E-state index is 0.126. The number of methoxy groups -OCH3 is 2. The lowest BCUT2D eigenvalue weighted by molar-refractivity contribution is -0.167. The van der Waals surface area contributed by atoms with Crippen LogP contribution < -0.4 is 37.9 Å². The molecule has 17 heteroatoms. The maximum absolute atomic E-state index is 13.6. The molecule has 4 heterocycles. The topological polar surface area (TPSA) is 197 Å². The van der Waals surface area contributed by atoms with Gasteiger partial charge in [-0.2, -0.15) is 0 Å². The first-order valence-corrected chi connectivity index (χ1v) is 25.0. The van der Waals surface area contributed by atoms with Crippen LogP contribution in [0.2, 0.25) is 0 Å². The first-order chi connectivity index (χ1) is 34.5.